The van der Waals surface area contributed by atoms with Crippen molar-refractivity contribution in [2.24, 2.45) is 5.73 Å². The van der Waals surface area contributed by atoms with Gasteiger partial charge in [0.05, 0.1) is 6.33 Å². The second kappa shape index (κ2) is 6.31. The van der Waals surface area contributed by atoms with E-state index in [0.717, 1.165) is 11.1 Å². The smallest absolute Gasteiger partial charge is 0.266 e. The molecule has 5 nitrogen and oxygen atoms in total. The van der Waals surface area contributed by atoms with Crippen molar-refractivity contribution in [2.75, 3.05) is 11.9 Å². The molecule has 7 heteroatoms. The molecular formula is C13H13IN4OS. The molecule has 1 heterocycles. The topological polar surface area (TPSA) is 75.0 Å². The summed E-state index contributed by atoms with van der Waals surface area (Å²) in [7, 11) is 1.89. The number of aromatic nitrogens is 2. The molecule has 0 aliphatic rings. The van der Waals surface area contributed by atoms with Crippen LogP contribution >= 0.6 is 34.8 Å². The lowest BCUT2D eigenvalue weighted by Gasteiger charge is -2.19. The molecule has 0 saturated carbocycles. The van der Waals surface area contributed by atoms with Crippen molar-refractivity contribution in [3.05, 3.63) is 55.6 Å². The Bertz CT molecular complexity index is 701. The van der Waals surface area contributed by atoms with Gasteiger partial charge < -0.3 is 15.6 Å². The van der Waals surface area contributed by atoms with Crippen LogP contribution in [0.3, 0.4) is 0 Å². The zero-order chi connectivity index (χ0) is 14.7. The van der Waals surface area contributed by atoms with Gasteiger partial charge in [0.25, 0.3) is 5.56 Å². The maximum absolute atomic E-state index is 11.6. The second-order valence-corrected chi connectivity index (χ2v) is 5.81. The van der Waals surface area contributed by atoms with E-state index in [4.69, 9.17) is 18.0 Å². The average molecular weight is 400 g/mol. The Hall–Kier alpha value is -1.48. The van der Waals surface area contributed by atoms with Gasteiger partial charge in [0.15, 0.2) is 0 Å². The maximum Gasteiger partial charge on any atom is 0.266 e. The molecule has 0 aliphatic heterocycles. The molecule has 0 unspecified atom stereocenters. The monoisotopic (exact) mass is 400 g/mol. The molecule has 2 rings (SSSR count). The largest absolute Gasteiger partial charge is 0.389 e. The number of thiocarbonyl (C=S) groups is 1. The summed E-state index contributed by atoms with van der Waals surface area (Å²) in [6.07, 6.45) is 1.40. The predicted octanol–water partition coefficient (Wildman–Crippen LogP) is 1.65. The van der Waals surface area contributed by atoms with Gasteiger partial charge in [-0.25, -0.2) is 4.98 Å². The van der Waals surface area contributed by atoms with Crippen LogP contribution < -0.4 is 16.2 Å². The van der Waals surface area contributed by atoms with Gasteiger partial charge in [0.1, 0.15) is 14.4 Å². The van der Waals surface area contributed by atoms with Crippen molar-refractivity contribution in [3.63, 3.8) is 0 Å². The highest BCUT2D eigenvalue weighted by Crippen LogP contribution is 2.17. The number of nitrogens with one attached hydrogen (secondary N) is 1. The van der Waals surface area contributed by atoms with E-state index in [9.17, 15) is 4.79 Å². The Morgan fingerprint density at radius 1 is 1.55 bits per heavy atom. The summed E-state index contributed by atoms with van der Waals surface area (Å²) >= 11 is 6.96. The van der Waals surface area contributed by atoms with Gasteiger partial charge in [-0.3, -0.25) is 4.79 Å². The third-order valence-corrected chi connectivity index (χ3v) is 3.98. The minimum Gasteiger partial charge on any atom is -0.389 e. The van der Waals surface area contributed by atoms with Gasteiger partial charge in [-0.05, 0) is 34.2 Å². The summed E-state index contributed by atoms with van der Waals surface area (Å²) in [6.45, 7) is 0.614. The first kappa shape index (κ1) is 14.9. The lowest BCUT2D eigenvalue weighted by molar-refractivity contribution is 0.880. The molecule has 1 aromatic heterocycles. The highest BCUT2D eigenvalue weighted by molar-refractivity contribution is 14.1. The lowest BCUT2D eigenvalue weighted by atomic mass is 10.1. The van der Waals surface area contributed by atoms with Crippen LogP contribution in [0.25, 0.3) is 0 Å². The third kappa shape index (κ3) is 3.34. The normalized spacial score (nSPS) is 10.3. The van der Waals surface area contributed by atoms with Crippen LogP contribution in [0.5, 0.6) is 0 Å². The molecule has 0 spiro atoms. The van der Waals surface area contributed by atoms with Crippen molar-refractivity contribution in [2.45, 2.75) is 6.54 Å². The van der Waals surface area contributed by atoms with E-state index in [1.807, 2.05) is 58.8 Å². The molecule has 104 valence electrons. The van der Waals surface area contributed by atoms with E-state index in [1.165, 1.54) is 6.33 Å². The summed E-state index contributed by atoms with van der Waals surface area (Å²) in [4.78, 5) is 20.6. The van der Waals surface area contributed by atoms with Crippen LogP contribution in [0.15, 0.2) is 35.4 Å². The highest BCUT2D eigenvalue weighted by Gasteiger charge is 2.11. The molecule has 0 fully saturated rings. The zero-order valence-electron chi connectivity index (χ0n) is 10.8. The number of halogens is 1. The summed E-state index contributed by atoms with van der Waals surface area (Å²) in [5, 5.41) is 0. The standard InChI is InChI=1S/C13H13IN4OS/c1-18(12-10(14)13(19)17-7-16-12)6-8-3-2-4-9(5-8)11(15)20/h2-5,7H,6H2,1H3,(H2,15,20)(H,16,17,19). The molecule has 0 bridgehead atoms. The first-order valence-electron chi connectivity index (χ1n) is 5.82. The fourth-order valence-electron chi connectivity index (χ4n) is 1.81. The van der Waals surface area contributed by atoms with Crippen LogP contribution in [-0.2, 0) is 6.54 Å². The molecule has 0 amide bonds. The molecular weight excluding hydrogens is 387 g/mol. The van der Waals surface area contributed by atoms with Crippen molar-refractivity contribution in [1.82, 2.24) is 9.97 Å². The predicted molar refractivity (Wildman–Crippen MR) is 92.0 cm³/mol. The first-order chi connectivity index (χ1) is 9.49. The average Bonchev–Trinajstić information content (AvgIpc) is 2.42. The summed E-state index contributed by atoms with van der Waals surface area (Å²) in [6, 6.07) is 7.71. The molecule has 0 radical (unpaired) electrons. The number of rotatable bonds is 4. The number of benzene rings is 1. The highest BCUT2D eigenvalue weighted by atomic mass is 127. The number of hydrogen-bond acceptors (Lipinski definition) is 4. The molecule has 1 aromatic carbocycles. The van der Waals surface area contributed by atoms with Gasteiger partial charge in [0, 0.05) is 19.2 Å². The maximum atomic E-state index is 11.6. The van der Waals surface area contributed by atoms with Crippen LogP contribution in [0, 0.1) is 3.57 Å². The van der Waals surface area contributed by atoms with Gasteiger partial charge in [0.2, 0.25) is 0 Å². The number of hydrogen-bond donors (Lipinski definition) is 2. The number of H-pyrrole nitrogens is 1. The third-order valence-electron chi connectivity index (χ3n) is 2.77. The number of nitrogens with zero attached hydrogens (tertiary/aromatic N) is 2. The molecule has 3 N–H and O–H groups in total. The van der Waals surface area contributed by atoms with Gasteiger partial charge in [-0.15, -0.1) is 0 Å². The Morgan fingerprint density at radius 2 is 2.30 bits per heavy atom. The van der Waals surface area contributed by atoms with Crippen molar-refractivity contribution in [1.29, 1.82) is 0 Å². The number of aromatic amines is 1. The zero-order valence-corrected chi connectivity index (χ0v) is 13.7. The molecule has 2 aromatic rings. The summed E-state index contributed by atoms with van der Waals surface area (Å²) in [5.74, 6) is 0.648. The minimum absolute atomic E-state index is 0.140. The molecule has 0 atom stereocenters. The number of anilines is 1. The Kier molecular flexibility index (Phi) is 4.71. The Balaban J connectivity index is 2.25. The molecule has 0 saturated heterocycles. The van der Waals surface area contributed by atoms with Crippen molar-refractivity contribution >= 4 is 45.6 Å². The fourth-order valence-corrected chi connectivity index (χ4v) is 2.65. The Labute approximate surface area is 135 Å². The van der Waals surface area contributed by atoms with E-state index in [2.05, 4.69) is 9.97 Å². The quantitative estimate of drug-likeness (QED) is 0.603. The Morgan fingerprint density at radius 3 is 3.00 bits per heavy atom. The lowest BCUT2D eigenvalue weighted by Crippen LogP contribution is -2.23. The SMILES string of the molecule is CN(Cc1cccc(C(N)=S)c1)c1nc[nH]c(=O)c1I. The van der Waals surface area contributed by atoms with Crippen molar-refractivity contribution < 1.29 is 0 Å². The second-order valence-electron chi connectivity index (χ2n) is 4.29. The minimum atomic E-state index is -0.140. The van der Waals surface area contributed by atoms with Gasteiger partial charge in [-0.1, -0.05) is 30.4 Å². The van der Waals surface area contributed by atoms with E-state index >= 15 is 0 Å². The summed E-state index contributed by atoms with van der Waals surface area (Å²) < 4.78 is 0.568. The van der Waals surface area contributed by atoms with Crippen LogP contribution in [0.4, 0.5) is 5.82 Å². The molecule has 20 heavy (non-hydrogen) atoms. The van der Waals surface area contributed by atoms with Crippen LogP contribution in [-0.4, -0.2) is 22.0 Å². The fraction of sp³-hybridized carbons (Fsp3) is 0.154. The van der Waals surface area contributed by atoms with Gasteiger partial charge in [-0.2, -0.15) is 0 Å². The van der Waals surface area contributed by atoms with E-state index in [0.29, 0.717) is 20.9 Å². The van der Waals surface area contributed by atoms with Gasteiger partial charge >= 0.3 is 0 Å². The van der Waals surface area contributed by atoms with E-state index < -0.39 is 0 Å². The van der Waals surface area contributed by atoms with E-state index in [1.54, 1.807) is 0 Å². The van der Waals surface area contributed by atoms with E-state index in [-0.39, 0.29) is 5.56 Å². The van der Waals surface area contributed by atoms with Crippen LogP contribution in [0.1, 0.15) is 11.1 Å². The molecule has 0 aliphatic carbocycles. The first-order valence-corrected chi connectivity index (χ1v) is 7.31. The van der Waals surface area contributed by atoms with Crippen molar-refractivity contribution in [3.8, 4) is 0 Å². The van der Waals surface area contributed by atoms with Crippen LogP contribution in [0.2, 0.25) is 0 Å². The summed E-state index contributed by atoms with van der Waals surface area (Å²) in [5.41, 5.74) is 7.37. The number of nitrogens with two attached hydrogens (primary N) is 1.